The Morgan fingerprint density at radius 1 is 0.889 bits per heavy atom. The molecule has 27 heavy (non-hydrogen) atoms. The van der Waals surface area contributed by atoms with Crippen LogP contribution in [0.25, 0.3) is 0 Å². The van der Waals surface area contributed by atoms with E-state index in [0.29, 0.717) is 17.5 Å². The molecule has 2 atom stereocenters. The van der Waals surface area contributed by atoms with Gasteiger partial charge in [-0.2, -0.15) is 0 Å². The number of benzene rings is 3. The number of amides is 1. The largest absolute Gasteiger partial charge is 0.327 e. The lowest BCUT2D eigenvalue weighted by Crippen LogP contribution is -2.12. The maximum absolute atomic E-state index is 12.6. The third-order valence-electron chi connectivity index (χ3n) is 5.17. The Hall–Kier alpha value is -2.91. The first kappa shape index (κ1) is 17.5. The second-order valence-electron chi connectivity index (χ2n) is 7.27. The van der Waals surface area contributed by atoms with E-state index in [1.54, 1.807) is 0 Å². The Morgan fingerprint density at radius 2 is 1.56 bits per heavy atom. The summed E-state index contributed by atoms with van der Waals surface area (Å²) in [5, 5.41) is 2.99. The average molecular weight is 356 g/mol. The van der Waals surface area contributed by atoms with E-state index < -0.39 is 0 Å². The van der Waals surface area contributed by atoms with Crippen LogP contribution in [0.1, 0.15) is 39.4 Å². The molecule has 0 radical (unpaired) electrons. The van der Waals surface area contributed by atoms with Gasteiger partial charge in [0.25, 0.3) is 5.91 Å². The Kier molecular flexibility index (Phi) is 5.03. The van der Waals surface area contributed by atoms with Crippen molar-refractivity contribution < 1.29 is 4.79 Å². The van der Waals surface area contributed by atoms with Crippen molar-refractivity contribution in [1.82, 2.24) is 0 Å². The summed E-state index contributed by atoms with van der Waals surface area (Å²) in [4.78, 5) is 12.6. The van der Waals surface area contributed by atoms with E-state index in [4.69, 9.17) is 5.73 Å². The Bertz CT molecular complexity index is 919. The van der Waals surface area contributed by atoms with Gasteiger partial charge in [-0.05, 0) is 60.2 Å². The van der Waals surface area contributed by atoms with Gasteiger partial charge in [0, 0.05) is 23.2 Å². The number of anilines is 1. The maximum Gasteiger partial charge on any atom is 0.255 e. The first-order valence-corrected chi connectivity index (χ1v) is 9.49. The molecule has 0 spiro atoms. The number of aryl methyl sites for hydroxylation is 2. The minimum Gasteiger partial charge on any atom is -0.327 e. The van der Waals surface area contributed by atoms with Crippen molar-refractivity contribution in [2.45, 2.75) is 31.2 Å². The first-order chi connectivity index (χ1) is 13.2. The highest BCUT2D eigenvalue weighted by Crippen LogP contribution is 2.39. The zero-order valence-electron chi connectivity index (χ0n) is 15.3. The second-order valence-corrected chi connectivity index (χ2v) is 7.27. The molecule has 3 aromatic carbocycles. The topological polar surface area (TPSA) is 55.1 Å². The van der Waals surface area contributed by atoms with Crippen LogP contribution in [0.4, 0.5) is 5.69 Å². The van der Waals surface area contributed by atoms with Gasteiger partial charge in [0.15, 0.2) is 0 Å². The van der Waals surface area contributed by atoms with E-state index in [-0.39, 0.29) is 5.91 Å². The van der Waals surface area contributed by atoms with Crippen molar-refractivity contribution >= 4 is 11.6 Å². The number of nitrogens with two attached hydrogens (primary N) is 1. The Morgan fingerprint density at radius 3 is 2.26 bits per heavy atom. The van der Waals surface area contributed by atoms with Gasteiger partial charge < -0.3 is 11.1 Å². The fraction of sp³-hybridized carbons (Fsp3) is 0.208. The molecule has 0 heterocycles. The standard InChI is InChI=1S/C24H24N2O/c25-23-16-22(23)19-11-13-21(14-12-19)26-24(27)20-8-4-7-18(15-20)10-9-17-5-2-1-3-6-17/h1-8,11-15,22-23H,9-10,16,25H2,(H,26,27). The van der Waals surface area contributed by atoms with Crippen molar-refractivity contribution in [3.8, 4) is 0 Å². The van der Waals surface area contributed by atoms with Gasteiger partial charge in [-0.15, -0.1) is 0 Å². The van der Waals surface area contributed by atoms with Gasteiger partial charge in [0.05, 0.1) is 0 Å². The van der Waals surface area contributed by atoms with E-state index in [9.17, 15) is 4.79 Å². The van der Waals surface area contributed by atoms with Gasteiger partial charge in [-0.1, -0.05) is 54.6 Å². The van der Waals surface area contributed by atoms with E-state index in [2.05, 4.69) is 47.8 Å². The van der Waals surface area contributed by atoms with E-state index in [0.717, 1.165) is 24.9 Å². The molecule has 1 amide bonds. The normalized spacial score (nSPS) is 18.1. The van der Waals surface area contributed by atoms with Gasteiger partial charge in [-0.25, -0.2) is 0 Å². The zero-order valence-corrected chi connectivity index (χ0v) is 15.3. The molecule has 4 rings (SSSR count). The number of rotatable bonds is 6. The monoisotopic (exact) mass is 356 g/mol. The summed E-state index contributed by atoms with van der Waals surface area (Å²) in [5.74, 6) is 0.406. The Balaban J connectivity index is 1.38. The van der Waals surface area contributed by atoms with Crippen LogP contribution in [0.5, 0.6) is 0 Å². The van der Waals surface area contributed by atoms with Crippen LogP contribution in [-0.4, -0.2) is 11.9 Å². The van der Waals surface area contributed by atoms with Crippen molar-refractivity contribution in [2.24, 2.45) is 5.73 Å². The van der Waals surface area contributed by atoms with Gasteiger partial charge >= 0.3 is 0 Å². The molecule has 0 aliphatic heterocycles. The molecule has 3 N–H and O–H groups in total. The van der Waals surface area contributed by atoms with Crippen LogP contribution in [0, 0.1) is 0 Å². The molecule has 3 heteroatoms. The maximum atomic E-state index is 12.6. The third kappa shape index (κ3) is 4.44. The van der Waals surface area contributed by atoms with Crippen molar-refractivity contribution in [3.05, 3.63) is 101 Å². The summed E-state index contributed by atoms with van der Waals surface area (Å²) in [6.45, 7) is 0. The van der Waals surface area contributed by atoms with Gasteiger partial charge in [0.2, 0.25) is 0 Å². The minimum atomic E-state index is -0.0764. The van der Waals surface area contributed by atoms with Gasteiger partial charge in [-0.3, -0.25) is 4.79 Å². The fourth-order valence-electron chi connectivity index (χ4n) is 3.42. The molecule has 2 unspecified atom stereocenters. The van der Waals surface area contributed by atoms with Crippen molar-refractivity contribution in [1.29, 1.82) is 0 Å². The van der Waals surface area contributed by atoms with E-state index in [1.165, 1.54) is 16.7 Å². The minimum absolute atomic E-state index is 0.0764. The predicted octanol–water partition coefficient (Wildman–Crippen LogP) is 4.54. The molecule has 1 saturated carbocycles. The number of nitrogens with one attached hydrogen (secondary N) is 1. The smallest absolute Gasteiger partial charge is 0.255 e. The highest BCUT2D eigenvalue weighted by atomic mass is 16.1. The highest BCUT2D eigenvalue weighted by Gasteiger charge is 2.34. The highest BCUT2D eigenvalue weighted by molar-refractivity contribution is 6.04. The quantitative estimate of drug-likeness (QED) is 0.681. The van der Waals surface area contributed by atoms with Crippen LogP contribution in [0.15, 0.2) is 78.9 Å². The average Bonchev–Trinajstić information content (AvgIpc) is 3.44. The van der Waals surface area contributed by atoms with Crippen LogP contribution in [0.3, 0.4) is 0 Å². The molecule has 0 saturated heterocycles. The summed E-state index contributed by atoms with van der Waals surface area (Å²) in [6, 6.07) is 26.6. The third-order valence-corrected chi connectivity index (χ3v) is 5.17. The fourth-order valence-corrected chi connectivity index (χ4v) is 3.42. The zero-order chi connectivity index (χ0) is 18.6. The SMILES string of the molecule is NC1CC1c1ccc(NC(=O)c2cccc(CCc3ccccc3)c2)cc1. The molecule has 0 aromatic heterocycles. The lowest BCUT2D eigenvalue weighted by Gasteiger charge is -2.08. The molecule has 1 aliphatic carbocycles. The molecule has 1 fully saturated rings. The Labute approximate surface area is 160 Å². The number of hydrogen-bond donors (Lipinski definition) is 2. The first-order valence-electron chi connectivity index (χ1n) is 9.49. The van der Waals surface area contributed by atoms with Crippen LogP contribution in [-0.2, 0) is 12.8 Å². The van der Waals surface area contributed by atoms with Crippen LogP contribution >= 0.6 is 0 Å². The summed E-state index contributed by atoms with van der Waals surface area (Å²) < 4.78 is 0. The molecule has 0 bridgehead atoms. The molecule has 136 valence electrons. The lowest BCUT2D eigenvalue weighted by molar-refractivity contribution is 0.102. The number of carbonyl (C=O) groups is 1. The van der Waals surface area contributed by atoms with Crippen LogP contribution < -0.4 is 11.1 Å². The lowest BCUT2D eigenvalue weighted by atomic mass is 10.0. The number of hydrogen-bond acceptors (Lipinski definition) is 2. The second kappa shape index (κ2) is 7.77. The van der Waals surface area contributed by atoms with E-state index >= 15 is 0 Å². The molecular formula is C24H24N2O. The molecule has 3 nitrogen and oxygen atoms in total. The van der Waals surface area contributed by atoms with E-state index in [1.807, 2.05) is 36.4 Å². The summed E-state index contributed by atoms with van der Waals surface area (Å²) in [5.41, 5.74) is 11.1. The molecule has 3 aromatic rings. The predicted molar refractivity (Wildman–Crippen MR) is 110 cm³/mol. The van der Waals surface area contributed by atoms with Gasteiger partial charge in [0.1, 0.15) is 0 Å². The summed E-state index contributed by atoms with van der Waals surface area (Å²) in [7, 11) is 0. The molecule has 1 aliphatic rings. The molecular weight excluding hydrogens is 332 g/mol. The van der Waals surface area contributed by atoms with Crippen LogP contribution in [0.2, 0.25) is 0 Å². The summed E-state index contributed by atoms with van der Waals surface area (Å²) >= 11 is 0. The van der Waals surface area contributed by atoms with Crippen molar-refractivity contribution in [2.75, 3.05) is 5.32 Å². The van der Waals surface area contributed by atoms with Crippen molar-refractivity contribution in [3.63, 3.8) is 0 Å². The number of carbonyl (C=O) groups excluding carboxylic acids is 1. The summed E-state index contributed by atoms with van der Waals surface area (Å²) in [6.07, 6.45) is 2.94.